The van der Waals surface area contributed by atoms with Crippen LogP contribution in [0.3, 0.4) is 0 Å². The molecule has 0 amide bonds. The first-order chi connectivity index (χ1) is 8.04. The van der Waals surface area contributed by atoms with Crippen molar-refractivity contribution < 1.29 is 30.2 Å². The summed E-state index contributed by atoms with van der Waals surface area (Å²) in [5.74, 6) is 0. The smallest absolute Gasteiger partial charge is 0.600 e. The van der Waals surface area contributed by atoms with Gasteiger partial charge in [-0.05, 0) is 18.6 Å². The molecule has 0 aliphatic carbocycles. The SMILES string of the molecule is CCCCc1cc2ccccc2[s+]1C(F)(F)F.[Br-]. The van der Waals surface area contributed by atoms with Crippen molar-refractivity contribution in [2.24, 2.45) is 0 Å². The third-order valence-electron chi connectivity index (χ3n) is 2.73. The number of hydrogen-bond acceptors (Lipinski definition) is 0. The van der Waals surface area contributed by atoms with Gasteiger partial charge in [-0.25, -0.2) is 0 Å². The molecule has 1 aromatic carbocycles. The largest absolute Gasteiger partial charge is 1.00 e. The van der Waals surface area contributed by atoms with E-state index in [2.05, 4.69) is 0 Å². The minimum Gasteiger partial charge on any atom is -1.00 e. The van der Waals surface area contributed by atoms with E-state index in [1.54, 1.807) is 30.3 Å². The van der Waals surface area contributed by atoms with Crippen LogP contribution in [0.1, 0.15) is 24.6 Å². The Bertz CT molecular complexity index is 516. The van der Waals surface area contributed by atoms with Crippen molar-refractivity contribution in [3.63, 3.8) is 0 Å². The highest BCUT2D eigenvalue weighted by Gasteiger charge is 2.47. The zero-order valence-corrected chi connectivity index (χ0v) is 12.3. The van der Waals surface area contributed by atoms with Crippen LogP contribution in [0.2, 0.25) is 0 Å². The lowest BCUT2D eigenvalue weighted by molar-refractivity contribution is -0.0867. The number of benzene rings is 1. The first kappa shape index (κ1) is 15.5. The first-order valence-electron chi connectivity index (χ1n) is 5.64. The highest BCUT2D eigenvalue weighted by Crippen LogP contribution is 2.51. The second kappa shape index (κ2) is 6.06. The Kier molecular flexibility index (Phi) is 5.22. The van der Waals surface area contributed by atoms with E-state index in [0.29, 0.717) is 16.0 Å². The van der Waals surface area contributed by atoms with Gasteiger partial charge in [0.1, 0.15) is 0 Å². The molecule has 0 N–H and O–H groups in total. The molecular weight excluding hydrogens is 325 g/mol. The van der Waals surface area contributed by atoms with Crippen molar-refractivity contribution in [3.8, 4) is 0 Å². The molecule has 1 aromatic heterocycles. The molecule has 1 atom stereocenters. The molecule has 2 aromatic rings. The van der Waals surface area contributed by atoms with Crippen molar-refractivity contribution in [2.75, 3.05) is 0 Å². The van der Waals surface area contributed by atoms with Gasteiger partial charge in [0.05, 0.1) is 10.5 Å². The molecule has 0 saturated carbocycles. The van der Waals surface area contributed by atoms with Gasteiger partial charge < -0.3 is 17.0 Å². The van der Waals surface area contributed by atoms with E-state index in [1.807, 2.05) is 6.92 Å². The van der Waals surface area contributed by atoms with Crippen molar-refractivity contribution in [3.05, 3.63) is 35.2 Å². The topological polar surface area (TPSA) is 0 Å². The lowest BCUT2D eigenvalue weighted by atomic mass is 10.2. The van der Waals surface area contributed by atoms with Crippen molar-refractivity contribution in [1.29, 1.82) is 0 Å². The van der Waals surface area contributed by atoms with Crippen LogP contribution in [0, 0.1) is 0 Å². The van der Waals surface area contributed by atoms with Crippen LogP contribution in [-0.4, -0.2) is 0 Å². The number of aryl methyl sites for hydroxylation is 1. The first-order valence-corrected chi connectivity index (χ1v) is 6.87. The fourth-order valence-corrected chi connectivity index (χ4v) is 3.96. The summed E-state index contributed by atoms with van der Waals surface area (Å²) in [6.07, 6.45) is 2.29. The molecular formula is C13H14BrF3S. The predicted octanol–water partition coefficient (Wildman–Crippen LogP) is 2.41. The van der Waals surface area contributed by atoms with Crippen LogP contribution < -0.4 is 17.0 Å². The molecule has 5 heteroatoms. The highest BCUT2D eigenvalue weighted by atomic mass is 79.9. The summed E-state index contributed by atoms with van der Waals surface area (Å²) in [6.45, 7) is 1.99. The fraction of sp³-hybridized carbons (Fsp3) is 0.385. The van der Waals surface area contributed by atoms with E-state index < -0.39 is 16.0 Å². The third-order valence-corrected chi connectivity index (χ3v) is 4.85. The maximum absolute atomic E-state index is 13.1. The Hall–Kier alpha value is -0.550. The Morgan fingerprint density at radius 3 is 2.44 bits per heavy atom. The summed E-state index contributed by atoms with van der Waals surface area (Å²) in [7, 11) is -1.70. The van der Waals surface area contributed by atoms with E-state index in [0.717, 1.165) is 18.2 Å². The van der Waals surface area contributed by atoms with E-state index in [1.165, 1.54) is 0 Å². The number of thiophene rings is 1. The Morgan fingerprint density at radius 2 is 1.83 bits per heavy atom. The number of fused-ring (bicyclic) bond motifs is 1. The summed E-state index contributed by atoms with van der Waals surface area (Å²) >= 11 is 0. The lowest BCUT2D eigenvalue weighted by Gasteiger charge is -1.99. The molecule has 0 aliphatic rings. The van der Waals surface area contributed by atoms with Gasteiger partial charge in [-0.2, -0.15) is 0 Å². The fourth-order valence-electron chi connectivity index (χ4n) is 1.96. The zero-order chi connectivity index (χ0) is 12.5. The Labute approximate surface area is 118 Å². The van der Waals surface area contributed by atoms with Gasteiger partial charge in [0.2, 0.25) is 0 Å². The quantitative estimate of drug-likeness (QED) is 0.754. The number of hydrogen-bond donors (Lipinski definition) is 0. The maximum Gasteiger partial charge on any atom is 0.600 e. The van der Waals surface area contributed by atoms with E-state index >= 15 is 0 Å². The van der Waals surface area contributed by atoms with Crippen molar-refractivity contribution in [1.82, 2.24) is 0 Å². The number of halogens is 4. The highest BCUT2D eigenvalue weighted by molar-refractivity contribution is 7.38. The Morgan fingerprint density at radius 1 is 1.17 bits per heavy atom. The predicted molar refractivity (Wildman–Crippen MR) is 66.3 cm³/mol. The number of unbranched alkanes of at least 4 members (excludes halogenated alkanes) is 1. The summed E-state index contributed by atoms with van der Waals surface area (Å²) in [4.78, 5) is 0.542. The maximum atomic E-state index is 13.1. The average Bonchev–Trinajstić information content (AvgIpc) is 2.63. The molecule has 0 saturated heterocycles. The molecule has 0 aliphatic heterocycles. The minimum atomic E-state index is -4.15. The van der Waals surface area contributed by atoms with E-state index in [-0.39, 0.29) is 17.0 Å². The van der Waals surface area contributed by atoms with Crippen molar-refractivity contribution in [2.45, 2.75) is 31.7 Å². The van der Waals surface area contributed by atoms with E-state index in [4.69, 9.17) is 0 Å². The number of alkyl halides is 3. The standard InChI is InChI=1S/C13H14F3S.BrH/c1-2-3-7-11-9-10-6-4-5-8-12(10)17(11)13(14,15)16;/h4-6,8-9H,2-3,7H2,1H3;1H/q+1;/p-1. The van der Waals surface area contributed by atoms with Gasteiger partial charge >= 0.3 is 5.51 Å². The Balaban J connectivity index is 0.00000162. The second-order valence-corrected chi connectivity index (χ2v) is 6.04. The molecule has 0 nitrogen and oxygen atoms in total. The molecule has 0 fully saturated rings. The summed E-state index contributed by atoms with van der Waals surface area (Å²) in [5, 5.41) is 0.735. The molecule has 2 rings (SSSR count). The molecule has 0 radical (unpaired) electrons. The normalized spacial score (nSPS) is 12.6. The van der Waals surface area contributed by atoms with Gasteiger partial charge in [0, 0.05) is 17.9 Å². The minimum absolute atomic E-state index is 0. The van der Waals surface area contributed by atoms with Crippen LogP contribution in [0.25, 0.3) is 10.1 Å². The summed E-state index contributed by atoms with van der Waals surface area (Å²) < 4.78 is 39.7. The molecule has 0 bridgehead atoms. The van der Waals surface area contributed by atoms with Gasteiger partial charge in [0.25, 0.3) is 0 Å². The van der Waals surface area contributed by atoms with Crippen LogP contribution in [0.15, 0.2) is 30.3 Å². The van der Waals surface area contributed by atoms with Crippen molar-refractivity contribution >= 4 is 20.6 Å². The molecule has 1 unspecified atom stereocenters. The lowest BCUT2D eigenvalue weighted by Crippen LogP contribution is -3.00. The molecule has 0 spiro atoms. The summed E-state index contributed by atoms with van der Waals surface area (Å²) in [6, 6.07) is 8.56. The monoisotopic (exact) mass is 338 g/mol. The van der Waals surface area contributed by atoms with Crippen LogP contribution in [0.4, 0.5) is 13.2 Å². The van der Waals surface area contributed by atoms with Gasteiger partial charge in [-0.1, -0.05) is 25.5 Å². The van der Waals surface area contributed by atoms with Crippen LogP contribution >= 0.6 is 10.5 Å². The van der Waals surface area contributed by atoms with E-state index in [9.17, 15) is 13.2 Å². The third kappa shape index (κ3) is 3.06. The van der Waals surface area contributed by atoms with Gasteiger partial charge in [-0.15, -0.1) is 13.2 Å². The summed E-state index contributed by atoms with van der Waals surface area (Å²) in [5.41, 5.74) is -4.15. The zero-order valence-electron chi connectivity index (χ0n) is 9.93. The van der Waals surface area contributed by atoms with Gasteiger partial charge in [0.15, 0.2) is 9.58 Å². The molecule has 18 heavy (non-hydrogen) atoms. The van der Waals surface area contributed by atoms with Crippen LogP contribution in [0.5, 0.6) is 0 Å². The van der Waals surface area contributed by atoms with Gasteiger partial charge in [-0.3, -0.25) is 0 Å². The molecule has 100 valence electrons. The second-order valence-electron chi connectivity index (χ2n) is 4.00. The number of rotatable bonds is 3. The van der Waals surface area contributed by atoms with Crippen LogP contribution in [-0.2, 0) is 11.9 Å². The molecule has 1 heterocycles. The average molecular weight is 339 g/mol.